The lowest BCUT2D eigenvalue weighted by atomic mass is 10.0. The average molecular weight is 447 g/mol. The van der Waals surface area contributed by atoms with Crippen LogP contribution < -0.4 is 9.64 Å². The van der Waals surface area contributed by atoms with Gasteiger partial charge in [0.2, 0.25) is 0 Å². The van der Waals surface area contributed by atoms with Crippen molar-refractivity contribution in [2.75, 3.05) is 37.5 Å². The molecule has 1 aromatic carbocycles. The molecule has 0 radical (unpaired) electrons. The first-order valence-electron chi connectivity index (χ1n) is 10.0. The smallest absolute Gasteiger partial charge is 0.185 e. The van der Waals surface area contributed by atoms with Gasteiger partial charge in [0.05, 0.1) is 19.3 Å². The maximum Gasteiger partial charge on any atom is 0.185 e. The van der Waals surface area contributed by atoms with Crippen molar-refractivity contribution in [3.8, 4) is 17.1 Å². The van der Waals surface area contributed by atoms with Gasteiger partial charge in [-0.3, -0.25) is 0 Å². The molecule has 10 heteroatoms. The van der Waals surface area contributed by atoms with Gasteiger partial charge < -0.3 is 19.4 Å². The lowest BCUT2D eigenvalue weighted by molar-refractivity contribution is 0.0691. The van der Waals surface area contributed by atoms with Crippen LogP contribution >= 0.6 is 0 Å². The van der Waals surface area contributed by atoms with Gasteiger partial charge in [0.25, 0.3) is 0 Å². The molecule has 2 aliphatic heterocycles. The molecule has 2 aliphatic rings. The lowest BCUT2D eigenvalue weighted by Crippen LogP contribution is -2.52. The lowest BCUT2D eigenvalue weighted by Gasteiger charge is -2.41. The number of hydrogen-bond donors (Lipinski definition) is 1. The number of aromatic amines is 1. The molecule has 1 fully saturated rings. The third-order valence-electron chi connectivity index (χ3n) is 6.14. The number of nitrogens with zero attached hydrogens (tertiary/aromatic N) is 3. The van der Waals surface area contributed by atoms with E-state index in [-0.39, 0.29) is 17.6 Å². The fraction of sp³-hybridized carbons (Fsp3) is 0.429. The Balaban J connectivity index is 1.81. The molecule has 0 bridgehead atoms. The van der Waals surface area contributed by atoms with Gasteiger partial charge in [0.1, 0.15) is 22.9 Å². The Bertz CT molecular complexity index is 1290. The van der Waals surface area contributed by atoms with E-state index in [2.05, 4.69) is 14.9 Å². The SMILES string of the molecule is CC(C)(c1nc(-c2cc(F)cc3[nH]ccc23)nc2c1OCC1COCCN21)S(C)(=O)=O. The number of ether oxygens (including phenoxy) is 2. The van der Waals surface area contributed by atoms with Crippen molar-refractivity contribution >= 4 is 26.6 Å². The van der Waals surface area contributed by atoms with Crippen molar-refractivity contribution in [1.29, 1.82) is 0 Å². The summed E-state index contributed by atoms with van der Waals surface area (Å²) in [5, 5.41) is 0.750. The highest BCUT2D eigenvalue weighted by atomic mass is 32.2. The Hall–Kier alpha value is -2.72. The Labute approximate surface area is 179 Å². The molecule has 2 aromatic heterocycles. The Morgan fingerprint density at radius 2 is 2.06 bits per heavy atom. The highest BCUT2D eigenvalue weighted by Gasteiger charge is 2.42. The van der Waals surface area contributed by atoms with Crippen molar-refractivity contribution in [1.82, 2.24) is 15.0 Å². The molecule has 3 aromatic rings. The first kappa shape index (κ1) is 20.2. The molecule has 0 saturated carbocycles. The van der Waals surface area contributed by atoms with E-state index >= 15 is 0 Å². The molecular weight excluding hydrogens is 423 g/mol. The van der Waals surface area contributed by atoms with Gasteiger partial charge in [-0.15, -0.1) is 0 Å². The summed E-state index contributed by atoms with van der Waals surface area (Å²) in [6.45, 7) is 5.17. The van der Waals surface area contributed by atoms with E-state index < -0.39 is 20.4 Å². The van der Waals surface area contributed by atoms with E-state index in [1.807, 2.05) is 6.07 Å². The zero-order chi connectivity index (χ0) is 22.0. The molecular formula is C21H23FN4O4S. The van der Waals surface area contributed by atoms with Gasteiger partial charge in [0.15, 0.2) is 27.2 Å². The number of halogens is 1. The van der Waals surface area contributed by atoms with E-state index in [4.69, 9.17) is 14.5 Å². The molecule has 164 valence electrons. The predicted octanol–water partition coefficient (Wildman–Crippen LogP) is 2.64. The highest BCUT2D eigenvalue weighted by molar-refractivity contribution is 7.91. The van der Waals surface area contributed by atoms with Gasteiger partial charge in [0, 0.05) is 35.5 Å². The number of anilines is 1. The monoisotopic (exact) mass is 446 g/mol. The Kier molecular flexibility index (Phi) is 4.49. The second-order valence-electron chi connectivity index (χ2n) is 8.46. The predicted molar refractivity (Wildman–Crippen MR) is 115 cm³/mol. The molecule has 1 atom stereocenters. The zero-order valence-corrected chi connectivity index (χ0v) is 18.3. The summed E-state index contributed by atoms with van der Waals surface area (Å²) in [6, 6.07) is 4.57. The first-order valence-corrected chi connectivity index (χ1v) is 11.9. The number of H-pyrrole nitrogens is 1. The standard InChI is InChI=1S/C21H23FN4O4S/c1-21(2,31(3,27)28)18-17-20(26-6-7-29-10-13(26)11-30-17)25-19(24-18)15-8-12(22)9-16-14(15)4-5-23-16/h4-5,8-9,13,23H,6-7,10-11H2,1-3H3. The molecule has 0 spiro atoms. The number of morpholine rings is 1. The van der Waals surface area contributed by atoms with Gasteiger partial charge >= 0.3 is 0 Å². The molecule has 31 heavy (non-hydrogen) atoms. The second kappa shape index (κ2) is 6.89. The second-order valence-corrected chi connectivity index (χ2v) is 11.0. The van der Waals surface area contributed by atoms with Crippen molar-refractivity contribution in [3.05, 3.63) is 35.9 Å². The third kappa shape index (κ3) is 3.16. The summed E-state index contributed by atoms with van der Waals surface area (Å²) >= 11 is 0. The minimum atomic E-state index is -3.55. The number of nitrogens with one attached hydrogen (secondary N) is 1. The molecule has 1 unspecified atom stereocenters. The largest absolute Gasteiger partial charge is 0.486 e. The molecule has 4 heterocycles. The van der Waals surface area contributed by atoms with Crippen LogP contribution in [0.3, 0.4) is 0 Å². The van der Waals surface area contributed by atoms with E-state index in [0.717, 1.165) is 5.39 Å². The van der Waals surface area contributed by atoms with Gasteiger partial charge in [-0.2, -0.15) is 0 Å². The third-order valence-corrected chi connectivity index (χ3v) is 8.19. The summed E-state index contributed by atoms with van der Waals surface area (Å²) in [5.74, 6) is 0.698. The van der Waals surface area contributed by atoms with Gasteiger partial charge in [-0.1, -0.05) is 0 Å². The van der Waals surface area contributed by atoms with Crippen LogP contribution in [0.25, 0.3) is 22.3 Å². The number of aromatic nitrogens is 3. The number of rotatable bonds is 3. The minimum Gasteiger partial charge on any atom is -0.486 e. The highest BCUT2D eigenvalue weighted by Crippen LogP contribution is 2.44. The fourth-order valence-corrected chi connectivity index (χ4v) is 4.53. The summed E-state index contributed by atoms with van der Waals surface area (Å²) in [5.41, 5.74) is 1.37. The van der Waals surface area contributed by atoms with Crippen LogP contribution in [0.5, 0.6) is 5.75 Å². The van der Waals surface area contributed by atoms with Crippen LogP contribution in [0.2, 0.25) is 0 Å². The fourth-order valence-electron chi connectivity index (χ4n) is 4.04. The van der Waals surface area contributed by atoms with E-state index in [1.54, 1.807) is 20.0 Å². The molecule has 0 amide bonds. The maximum atomic E-state index is 14.4. The van der Waals surface area contributed by atoms with Crippen LogP contribution in [0.1, 0.15) is 19.5 Å². The van der Waals surface area contributed by atoms with E-state index in [9.17, 15) is 12.8 Å². The normalized spacial score (nSPS) is 19.1. The zero-order valence-electron chi connectivity index (χ0n) is 17.5. The summed E-state index contributed by atoms with van der Waals surface area (Å²) < 4.78 is 50.0. The van der Waals surface area contributed by atoms with Crippen molar-refractivity contribution in [2.24, 2.45) is 0 Å². The van der Waals surface area contributed by atoms with Crippen molar-refractivity contribution in [3.63, 3.8) is 0 Å². The number of sulfone groups is 1. The van der Waals surface area contributed by atoms with Gasteiger partial charge in [-0.05, 0) is 32.0 Å². The van der Waals surface area contributed by atoms with Gasteiger partial charge in [-0.25, -0.2) is 22.8 Å². The Morgan fingerprint density at radius 1 is 1.26 bits per heavy atom. The van der Waals surface area contributed by atoms with Crippen LogP contribution in [-0.2, 0) is 19.3 Å². The van der Waals surface area contributed by atoms with E-state index in [1.165, 1.54) is 18.4 Å². The number of hydrogen-bond acceptors (Lipinski definition) is 7. The minimum absolute atomic E-state index is 0.0296. The average Bonchev–Trinajstić information content (AvgIpc) is 3.19. The quantitative estimate of drug-likeness (QED) is 0.661. The van der Waals surface area contributed by atoms with Crippen LogP contribution in [0.4, 0.5) is 10.2 Å². The molecule has 0 aliphatic carbocycles. The molecule has 1 N–H and O–H groups in total. The summed E-state index contributed by atoms with van der Waals surface area (Å²) in [7, 11) is -3.55. The van der Waals surface area contributed by atoms with Crippen molar-refractivity contribution < 1.29 is 22.3 Å². The maximum absolute atomic E-state index is 14.4. The van der Waals surface area contributed by atoms with Crippen LogP contribution in [0, 0.1) is 5.82 Å². The number of fused-ring (bicyclic) bond motifs is 4. The summed E-state index contributed by atoms with van der Waals surface area (Å²) in [4.78, 5) is 14.5. The number of benzene rings is 1. The summed E-state index contributed by atoms with van der Waals surface area (Å²) in [6.07, 6.45) is 2.89. The van der Waals surface area contributed by atoms with E-state index in [0.29, 0.717) is 49.0 Å². The molecule has 5 rings (SSSR count). The topological polar surface area (TPSA) is 97.4 Å². The molecule has 8 nitrogen and oxygen atoms in total. The van der Waals surface area contributed by atoms with Crippen molar-refractivity contribution in [2.45, 2.75) is 24.6 Å². The molecule has 1 saturated heterocycles. The van der Waals surface area contributed by atoms with Crippen LogP contribution in [0.15, 0.2) is 24.4 Å². The first-order chi connectivity index (χ1) is 14.7. The Morgan fingerprint density at radius 3 is 2.84 bits per heavy atom. The van der Waals surface area contributed by atoms with Crippen LogP contribution in [-0.4, -0.2) is 62.0 Å².